The van der Waals surface area contributed by atoms with E-state index in [1.165, 1.54) is 10.3 Å². The van der Waals surface area contributed by atoms with E-state index in [9.17, 15) is 0 Å². The largest absolute Gasteiger partial charge is 0.327 e. The summed E-state index contributed by atoms with van der Waals surface area (Å²) in [5.41, 5.74) is 8.89. The van der Waals surface area contributed by atoms with E-state index >= 15 is 0 Å². The first kappa shape index (κ1) is 13.5. The average molecular weight is 262 g/mol. The molecule has 18 heavy (non-hydrogen) atoms. The molecule has 1 aromatic heterocycles. The fourth-order valence-electron chi connectivity index (χ4n) is 2.30. The van der Waals surface area contributed by atoms with Crippen LogP contribution in [0, 0.1) is 12.3 Å². The molecule has 2 nitrogen and oxygen atoms in total. The molecule has 0 amide bonds. The van der Waals surface area contributed by atoms with Crippen LogP contribution in [0.2, 0.25) is 0 Å². The number of nitrogens with zero attached hydrogens (tertiary/aromatic N) is 1. The molecule has 0 radical (unpaired) electrons. The van der Waals surface area contributed by atoms with E-state index in [0.29, 0.717) is 0 Å². The lowest BCUT2D eigenvalue weighted by Gasteiger charge is -2.22. The van der Waals surface area contributed by atoms with Crippen LogP contribution in [0.1, 0.15) is 37.8 Å². The van der Waals surface area contributed by atoms with Crippen LogP contribution in [0.15, 0.2) is 18.2 Å². The van der Waals surface area contributed by atoms with Gasteiger partial charge in [0.25, 0.3) is 0 Å². The van der Waals surface area contributed by atoms with E-state index in [1.807, 2.05) is 0 Å². The van der Waals surface area contributed by atoms with Gasteiger partial charge >= 0.3 is 0 Å². The Morgan fingerprint density at radius 1 is 1.33 bits per heavy atom. The van der Waals surface area contributed by atoms with Crippen molar-refractivity contribution >= 4 is 21.6 Å². The van der Waals surface area contributed by atoms with Crippen LogP contribution in [-0.4, -0.2) is 11.0 Å². The third-order valence-electron chi connectivity index (χ3n) is 2.98. The normalized spacial score (nSPS) is 14.1. The highest BCUT2D eigenvalue weighted by Gasteiger charge is 2.17. The van der Waals surface area contributed by atoms with Gasteiger partial charge in [-0.15, -0.1) is 11.3 Å². The van der Waals surface area contributed by atoms with Crippen LogP contribution >= 0.6 is 11.3 Å². The topological polar surface area (TPSA) is 38.9 Å². The minimum absolute atomic E-state index is 0.200. The molecule has 1 aromatic carbocycles. The lowest BCUT2D eigenvalue weighted by Crippen LogP contribution is -2.28. The van der Waals surface area contributed by atoms with Gasteiger partial charge < -0.3 is 5.73 Å². The number of aromatic nitrogens is 1. The van der Waals surface area contributed by atoms with E-state index in [0.717, 1.165) is 23.4 Å². The quantitative estimate of drug-likeness (QED) is 0.910. The van der Waals surface area contributed by atoms with Crippen molar-refractivity contribution in [1.29, 1.82) is 0 Å². The number of fused-ring (bicyclic) bond motifs is 1. The van der Waals surface area contributed by atoms with Gasteiger partial charge in [0.15, 0.2) is 0 Å². The smallest absolute Gasteiger partial charge is 0.0954 e. The lowest BCUT2D eigenvalue weighted by atomic mass is 9.87. The second-order valence-corrected chi connectivity index (χ2v) is 7.37. The number of rotatable bonds is 3. The minimum Gasteiger partial charge on any atom is -0.327 e. The number of para-hydroxylation sites is 1. The van der Waals surface area contributed by atoms with Crippen LogP contribution in [-0.2, 0) is 6.42 Å². The summed E-state index contributed by atoms with van der Waals surface area (Å²) in [4.78, 5) is 4.72. The molecule has 2 aromatic rings. The summed E-state index contributed by atoms with van der Waals surface area (Å²) in [5, 5.41) is 1.16. The van der Waals surface area contributed by atoms with E-state index in [1.54, 1.807) is 11.3 Å². The van der Waals surface area contributed by atoms with E-state index in [-0.39, 0.29) is 11.5 Å². The van der Waals surface area contributed by atoms with E-state index in [2.05, 4.69) is 45.9 Å². The van der Waals surface area contributed by atoms with Crippen molar-refractivity contribution in [2.24, 2.45) is 11.1 Å². The first-order valence-electron chi connectivity index (χ1n) is 6.46. The van der Waals surface area contributed by atoms with Crippen LogP contribution < -0.4 is 5.73 Å². The maximum atomic E-state index is 6.22. The summed E-state index contributed by atoms with van der Waals surface area (Å²) in [6.07, 6.45) is 1.91. The van der Waals surface area contributed by atoms with Crippen molar-refractivity contribution in [2.75, 3.05) is 0 Å². The van der Waals surface area contributed by atoms with E-state index < -0.39 is 0 Å². The monoisotopic (exact) mass is 262 g/mol. The highest BCUT2D eigenvalue weighted by molar-refractivity contribution is 7.18. The summed E-state index contributed by atoms with van der Waals surface area (Å²) >= 11 is 1.77. The molecule has 98 valence electrons. The number of hydrogen-bond acceptors (Lipinski definition) is 3. The van der Waals surface area contributed by atoms with Gasteiger partial charge in [0.2, 0.25) is 0 Å². The van der Waals surface area contributed by atoms with Crippen LogP contribution in [0.25, 0.3) is 10.2 Å². The maximum Gasteiger partial charge on any atom is 0.0954 e. The van der Waals surface area contributed by atoms with Gasteiger partial charge in [-0.05, 0) is 30.4 Å². The van der Waals surface area contributed by atoms with Crippen molar-refractivity contribution in [3.63, 3.8) is 0 Å². The zero-order chi connectivity index (χ0) is 13.3. The Morgan fingerprint density at radius 3 is 2.67 bits per heavy atom. The molecule has 0 aliphatic rings. The fourth-order valence-corrected chi connectivity index (χ4v) is 3.44. The molecule has 1 unspecified atom stereocenters. The molecule has 1 heterocycles. The molecule has 0 spiro atoms. The number of thiazole rings is 1. The highest BCUT2D eigenvalue weighted by atomic mass is 32.1. The molecule has 0 bridgehead atoms. The molecule has 0 saturated heterocycles. The first-order chi connectivity index (χ1) is 8.35. The number of aryl methyl sites for hydroxylation is 1. The average Bonchev–Trinajstić information content (AvgIpc) is 2.58. The van der Waals surface area contributed by atoms with Gasteiger partial charge in [-0.1, -0.05) is 32.9 Å². The number of benzene rings is 1. The standard InChI is InChI=1S/C15H22N2S/c1-10-6-5-7-12-14(10)17-13(18-12)8-11(16)9-15(2,3)4/h5-7,11H,8-9,16H2,1-4H3. The minimum atomic E-state index is 0.200. The Balaban J connectivity index is 2.15. The Bertz CT molecular complexity index is 537. The van der Waals surface area contributed by atoms with Gasteiger partial charge in [-0.2, -0.15) is 0 Å². The Hall–Kier alpha value is -0.930. The van der Waals surface area contributed by atoms with Crippen molar-refractivity contribution in [1.82, 2.24) is 4.98 Å². The number of nitrogens with two attached hydrogens (primary N) is 1. The summed E-state index contributed by atoms with van der Waals surface area (Å²) < 4.78 is 1.27. The number of hydrogen-bond donors (Lipinski definition) is 1. The SMILES string of the molecule is Cc1cccc2sc(CC(N)CC(C)(C)C)nc12. The first-order valence-corrected chi connectivity index (χ1v) is 7.27. The molecule has 2 rings (SSSR count). The Morgan fingerprint density at radius 2 is 2.06 bits per heavy atom. The lowest BCUT2D eigenvalue weighted by molar-refractivity contribution is 0.338. The fraction of sp³-hybridized carbons (Fsp3) is 0.533. The predicted octanol–water partition coefficient (Wildman–Crippen LogP) is 3.91. The Kier molecular flexibility index (Phi) is 3.74. The van der Waals surface area contributed by atoms with Crippen LogP contribution in [0.4, 0.5) is 0 Å². The van der Waals surface area contributed by atoms with Crippen molar-refractivity contribution in [2.45, 2.75) is 46.6 Å². The molecular formula is C15H22N2S. The van der Waals surface area contributed by atoms with Crippen LogP contribution in [0.3, 0.4) is 0 Å². The van der Waals surface area contributed by atoms with Gasteiger partial charge in [0.1, 0.15) is 0 Å². The molecule has 3 heteroatoms. The molecule has 0 saturated carbocycles. The molecule has 1 atom stereocenters. The summed E-state index contributed by atoms with van der Waals surface area (Å²) in [5.74, 6) is 0. The highest BCUT2D eigenvalue weighted by Crippen LogP contribution is 2.27. The van der Waals surface area contributed by atoms with Gasteiger partial charge in [-0.3, -0.25) is 0 Å². The van der Waals surface area contributed by atoms with Gasteiger partial charge in [0.05, 0.1) is 15.2 Å². The maximum absolute atomic E-state index is 6.22. The van der Waals surface area contributed by atoms with Crippen LogP contribution in [0.5, 0.6) is 0 Å². The summed E-state index contributed by atoms with van der Waals surface area (Å²) in [6.45, 7) is 8.81. The van der Waals surface area contributed by atoms with Crippen molar-refractivity contribution in [3.05, 3.63) is 28.8 Å². The predicted molar refractivity (Wildman–Crippen MR) is 80.1 cm³/mol. The molecule has 0 aliphatic heterocycles. The third kappa shape index (κ3) is 3.30. The molecule has 0 aliphatic carbocycles. The van der Waals surface area contributed by atoms with Gasteiger partial charge in [0, 0.05) is 12.5 Å². The molecular weight excluding hydrogens is 240 g/mol. The third-order valence-corrected chi connectivity index (χ3v) is 4.02. The van der Waals surface area contributed by atoms with Crippen molar-refractivity contribution in [3.8, 4) is 0 Å². The zero-order valence-corrected chi connectivity index (χ0v) is 12.5. The van der Waals surface area contributed by atoms with Crippen molar-refractivity contribution < 1.29 is 0 Å². The zero-order valence-electron chi connectivity index (χ0n) is 11.7. The molecule has 0 fully saturated rings. The second kappa shape index (κ2) is 4.98. The van der Waals surface area contributed by atoms with Gasteiger partial charge in [-0.25, -0.2) is 4.98 Å². The summed E-state index contributed by atoms with van der Waals surface area (Å²) in [7, 11) is 0. The second-order valence-electron chi connectivity index (χ2n) is 6.26. The molecule has 2 N–H and O–H groups in total. The van der Waals surface area contributed by atoms with E-state index in [4.69, 9.17) is 10.7 Å². The summed E-state index contributed by atoms with van der Waals surface area (Å²) in [6, 6.07) is 6.54. The Labute approximate surface area is 113 Å².